The molecule has 0 aromatic heterocycles. The number of rotatable bonds is 8. The standard InChI is InChI=1S/C26H32Cl2O6S/c1-15-9-19(10-16(2)21(15)33-23(29)25(5,6)13-27)35(31,32)20-11-17(3)22(18(4)12-20)34-24(30)26(7,8)14-28/h9-12H,13-14H2,1-8H3. The lowest BCUT2D eigenvalue weighted by molar-refractivity contribution is -0.143. The maximum atomic E-state index is 13.5. The molecule has 0 spiro atoms. The van der Waals surface area contributed by atoms with Crippen molar-refractivity contribution >= 4 is 45.0 Å². The summed E-state index contributed by atoms with van der Waals surface area (Å²) >= 11 is 11.7. The van der Waals surface area contributed by atoms with E-state index < -0.39 is 32.6 Å². The minimum absolute atomic E-state index is 0.0655. The van der Waals surface area contributed by atoms with Gasteiger partial charge in [-0.25, -0.2) is 8.42 Å². The summed E-state index contributed by atoms with van der Waals surface area (Å²) in [5, 5.41) is 0. The zero-order valence-corrected chi connectivity index (χ0v) is 23.7. The van der Waals surface area contributed by atoms with Gasteiger partial charge in [-0.15, -0.1) is 23.2 Å². The van der Waals surface area contributed by atoms with Crippen molar-refractivity contribution in [3.8, 4) is 11.5 Å². The van der Waals surface area contributed by atoms with Gasteiger partial charge in [0.1, 0.15) is 11.5 Å². The molecule has 0 atom stereocenters. The second kappa shape index (κ2) is 10.5. The topological polar surface area (TPSA) is 86.7 Å². The van der Waals surface area contributed by atoms with E-state index in [0.29, 0.717) is 33.8 Å². The molecule has 2 rings (SSSR count). The van der Waals surface area contributed by atoms with Gasteiger partial charge in [-0.2, -0.15) is 0 Å². The van der Waals surface area contributed by atoms with Gasteiger partial charge >= 0.3 is 11.9 Å². The molecule has 9 heteroatoms. The number of benzene rings is 2. The van der Waals surface area contributed by atoms with Gasteiger partial charge < -0.3 is 9.47 Å². The van der Waals surface area contributed by atoms with Crippen LogP contribution in [0.4, 0.5) is 0 Å². The summed E-state index contributed by atoms with van der Waals surface area (Å²) in [5.41, 5.74) is 0.248. The molecule has 6 nitrogen and oxygen atoms in total. The number of esters is 2. The fourth-order valence-corrected chi connectivity index (χ4v) is 4.98. The Bertz CT molecular complexity index is 1130. The number of hydrogen-bond acceptors (Lipinski definition) is 6. The first-order chi connectivity index (χ1) is 16.0. The minimum Gasteiger partial charge on any atom is -0.426 e. The summed E-state index contributed by atoms with van der Waals surface area (Å²) < 4.78 is 38.1. The molecule has 2 aromatic rings. The van der Waals surface area contributed by atoms with Crippen molar-refractivity contribution in [2.75, 3.05) is 11.8 Å². The molecule has 0 unspecified atom stereocenters. The van der Waals surface area contributed by atoms with Crippen LogP contribution in [-0.4, -0.2) is 32.1 Å². The summed E-state index contributed by atoms with van der Waals surface area (Å²) in [6.45, 7) is 13.4. The summed E-state index contributed by atoms with van der Waals surface area (Å²) in [7, 11) is -3.91. The first kappa shape index (κ1) is 29.1. The molecule has 0 aliphatic heterocycles. The first-order valence-corrected chi connectivity index (χ1v) is 13.6. The highest BCUT2D eigenvalue weighted by Gasteiger charge is 2.32. The molecule has 0 amide bonds. The van der Waals surface area contributed by atoms with Crippen LogP contribution >= 0.6 is 23.2 Å². The number of hydrogen-bond donors (Lipinski definition) is 0. The molecule has 2 aromatic carbocycles. The summed E-state index contributed by atoms with van der Waals surface area (Å²) in [4.78, 5) is 25.1. The zero-order valence-electron chi connectivity index (χ0n) is 21.3. The predicted octanol–water partition coefficient (Wildman–Crippen LogP) is 6.09. The number of sulfone groups is 1. The van der Waals surface area contributed by atoms with Crippen LogP contribution in [0.1, 0.15) is 49.9 Å². The smallest absolute Gasteiger partial charge is 0.318 e. The maximum Gasteiger partial charge on any atom is 0.318 e. The van der Waals surface area contributed by atoms with E-state index >= 15 is 0 Å². The predicted molar refractivity (Wildman–Crippen MR) is 138 cm³/mol. The molecule has 0 saturated carbocycles. The summed E-state index contributed by atoms with van der Waals surface area (Å²) in [5.74, 6) is -0.202. The highest BCUT2D eigenvalue weighted by atomic mass is 35.5. The van der Waals surface area contributed by atoms with Gasteiger partial charge in [-0.1, -0.05) is 0 Å². The Hall–Kier alpha value is -2.09. The largest absolute Gasteiger partial charge is 0.426 e. The van der Waals surface area contributed by atoms with E-state index in [1.807, 2.05) is 0 Å². The molecule has 0 bridgehead atoms. The SMILES string of the molecule is Cc1cc(S(=O)(=O)c2cc(C)c(OC(=O)C(C)(C)CCl)c(C)c2)cc(C)c1OC(=O)C(C)(C)CCl. The third kappa shape index (κ3) is 6.19. The van der Waals surface area contributed by atoms with Gasteiger partial charge in [0.25, 0.3) is 0 Å². The molecule has 35 heavy (non-hydrogen) atoms. The molecular weight excluding hydrogens is 511 g/mol. The van der Waals surface area contributed by atoms with Gasteiger partial charge in [-0.3, -0.25) is 9.59 Å². The highest BCUT2D eigenvalue weighted by Crippen LogP contribution is 2.35. The van der Waals surface area contributed by atoms with E-state index in [0.717, 1.165) is 0 Å². The van der Waals surface area contributed by atoms with Crippen LogP contribution in [0.25, 0.3) is 0 Å². The number of carbonyl (C=O) groups is 2. The Labute approximate surface area is 217 Å². The fraction of sp³-hybridized carbons (Fsp3) is 0.462. The lowest BCUT2D eigenvalue weighted by Crippen LogP contribution is -2.31. The minimum atomic E-state index is -3.91. The number of alkyl halides is 2. The molecular formula is C26H32Cl2O6S. The average Bonchev–Trinajstić information content (AvgIpc) is 2.77. The van der Waals surface area contributed by atoms with Gasteiger partial charge in [0.15, 0.2) is 0 Å². The maximum absolute atomic E-state index is 13.5. The summed E-state index contributed by atoms with van der Waals surface area (Å²) in [6.07, 6.45) is 0. The van der Waals surface area contributed by atoms with Crippen molar-refractivity contribution in [2.24, 2.45) is 10.8 Å². The number of ether oxygens (including phenoxy) is 2. The van der Waals surface area contributed by atoms with Gasteiger partial charge in [-0.05, 0) is 102 Å². The quantitative estimate of drug-likeness (QED) is 0.227. The molecule has 192 valence electrons. The van der Waals surface area contributed by atoms with Crippen molar-refractivity contribution in [3.05, 3.63) is 46.5 Å². The van der Waals surface area contributed by atoms with Crippen molar-refractivity contribution in [1.29, 1.82) is 0 Å². The third-order valence-electron chi connectivity index (χ3n) is 5.65. The van der Waals surface area contributed by atoms with Gasteiger partial charge in [0, 0.05) is 11.8 Å². The molecule has 0 radical (unpaired) electrons. The third-order valence-corrected chi connectivity index (χ3v) is 8.70. The highest BCUT2D eigenvalue weighted by molar-refractivity contribution is 7.91. The molecule has 0 heterocycles. The number of aryl methyl sites for hydroxylation is 4. The lowest BCUT2D eigenvalue weighted by Gasteiger charge is -2.22. The van der Waals surface area contributed by atoms with Crippen molar-refractivity contribution in [3.63, 3.8) is 0 Å². The molecule has 0 saturated heterocycles. The normalized spacial score (nSPS) is 12.4. The van der Waals surface area contributed by atoms with Crippen LogP contribution < -0.4 is 9.47 Å². The van der Waals surface area contributed by atoms with Crippen LogP contribution in [-0.2, 0) is 19.4 Å². The van der Waals surface area contributed by atoms with Crippen LogP contribution in [0.15, 0.2) is 34.1 Å². The van der Waals surface area contributed by atoms with E-state index in [-0.39, 0.29) is 21.6 Å². The van der Waals surface area contributed by atoms with Gasteiger partial charge in [0.2, 0.25) is 9.84 Å². The van der Waals surface area contributed by atoms with Crippen LogP contribution in [0.2, 0.25) is 0 Å². The number of halogens is 2. The van der Waals surface area contributed by atoms with Crippen LogP contribution in [0.5, 0.6) is 11.5 Å². The van der Waals surface area contributed by atoms with Crippen molar-refractivity contribution in [2.45, 2.75) is 65.2 Å². The molecule has 0 N–H and O–H groups in total. The number of carbonyl (C=O) groups excluding carboxylic acids is 2. The van der Waals surface area contributed by atoms with E-state index in [1.54, 1.807) is 55.4 Å². The zero-order chi connectivity index (χ0) is 26.9. The van der Waals surface area contributed by atoms with Crippen LogP contribution in [0, 0.1) is 38.5 Å². The van der Waals surface area contributed by atoms with Crippen molar-refractivity contribution < 1.29 is 27.5 Å². The van der Waals surface area contributed by atoms with E-state index in [2.05, 4.69) is 0 Å². The van der Waals surface area contributed by atoms with Crippen molar-refractivity contribution in [1.82, 2.24) is 0 Å². The Morgan fingerprint density at radius 1 is 0.686 bits per heavy atom. The fourth-order valence-electron chi connectivity index (χ4n) is 3.16. The monoisotopic (exact) mass is 542 g/mol. The summed E-state index contributed by atoms with van der Waals surface area (Å²) in [6, 6.07) is 5.89. The van der Waals surface area contributed by atoms with E-state index in [4.69, 9.17) is 32.7 Å². The Kier molecular flexibility index (Phi) is 8.73. The van der Waals surface area contributed by atoms with E-state index in [9.17, 15) is 18.0 Å². The van der Waals surface area contributed by atoms with E-state index in [1.165, 1.54) is 24.3 Å². The Morgan fingerprint density at radius 3 is 1.17 bits per heavy atom. The van der Waals surface area contributed by atoms with Gasteiger partial charge in [0.05, 0.1) is 20.6 Å². The average molecular weight is 544 g/mol. The second-order valence-corrected chi connectivity index (χ2v) is 12.6. The molecule has 0 aliphatic carbocycles. The van der Waals surface area contributed by atoms with Crippen LogP contribution in [0.3, 0.4) is 0 Å². The Balaban J connectivity index is 2.46. The molecule has 0 aliphatic rings. The Morgan fingerprint density at radius 2 is 0.943 bits per heavy atom. The second-order valence-electron chi connectivity index (χ2n) is 10.1. The lowest BCUT2D eigenvalue weighted by atomic mass is 9.97. The molecule has 0 fully saturated rings. The first-order valence-electron chi connectivity index (χ1n) is 11.0.